The van der Waals surface area contributed by atoms with E-state index in [1.807, 2.05) is 78.9 Å². The van der Waals surface area contributed by atoms with Crippen molar-refractivity contribution in [1.82, 2.24) is 24.1 Å². The molecule has 0 spiro atoms. The Morgan fingerprint density at radius 1 is 0.345 bits per heavy atom. The van der Waals surface area contributed by atoms with Gasteiger partial charge in [-0.2, -0.15) is 5.26 Å². The predicted octanol–water partition coefficient (Wildman–Crippen LogP) is 12.6. The molecule has 0 radical (unpaired) electrons. The van der Waals surface area contributed by atoms with Crippen LogP contribution >= 0.6 is 0 Å². The first-order valence-electron chi connectivity index (χ1n) is 19.3. The van der Waals surface area contributed by atoms with Crippen LogP contribution in [-0.4, -0.2) is 24.1 Å². The van der Waals surface area contributed by atoms with Crippen molar-refractivity contribution in [3.05, 3.63) is 200 Å². The quantitative estimate of drug-likeness (QED) is 0.170. The second kappa shape index (κ2) is 13.6. The van der Waals surface area contributed by atoms with Gasteiger partial charge in [-0.3, -0.25) is 0 Å². The molecule has 0 bridgehead atoms. The van der Waals surface area contributed by atoms with E-state index in [1.54, 1.807) is 0 Å². The Kier molecular flexibility index (Phi) is 7.76. The van der Waals surface area contributed by atoms with Crippen molar-refractivity contribution < 1.29 is 0 Å². The standard InChI is InChI=1S/C52H32N6/c53-33-39-30-38(52-55-50(34-14-4-1-5-15-34)54-51(56-52)35-16-6-2-7-17-35)26-27-45(39)58-47-23-13-11-21-42(47)44-32-37(25-29-49(44)58)36-24-28-48-43(31-36)41-20-10-12-22-46(41)57(48)40-18-8-3-9-19-40/h1-32H. The number of benzene rings is 8. The zero-order valence-corrected chi connectivity index (χ0v) is 31.2. The van der Waals surface area contributed by atoms with Gasteiger partial charge in [-0.1, -0.05) is 127 Å². The van der Waals surface area contributed by atoms with E-state index in [2.05, 4.69) is 130 Å². The predicted molar refractivity (Wildman–Crippen MR) is 235 cm³/mol. The number of rotatable bonds is 6. The number of nitriles is 1. The Morgan fingerprint density at radius 2 is 0.776 bits per heavy atom. The lowest BCUT2D eigenvalue weighted by Crippen LogP contribution is -2.02. The molecule has 11 aromatic rings. The highest BCUT2D eigenvalue weighted by Gasteiger charge is 2.19. The van der Waals surface area contributed by atoms with Crippen molar-refractivity contribution in [2.45, 2.75) is 0 Å². The first-order valence-corrected chi connectivity index (χ1v) is 19.3. The summed E-state index contributed by atoms with van der Waals surface area (Å²) in [6.07, 6.45) is 0. The Balaban J connectivity index is 1.04. The molecule has 0 fully saturated rings. The van der Waals surface area contributed by atoms with E-state index in [-0.39, 0.29) is 0 Å². The molecular weight excluding hydrogens is 709 g/mol. The number of hydrogen-bond acceptors (Lipinski definition) is 4. The lowest BCUT2D eigenvalue weighted by atomic mass is 10.0. The van der Waals surface area contributed by atoms with Gasteiger partial charge < -0.3 is 9.13 Å². The van der Waals surface area contributed by atoms with Crippen molar-refractivity contribution in [3.8, 4) is 62.7 Å². The largest absolute Gasteiger partial charge is 0.309 e. The Hall–Kier alpha value is -8.14. The molecule has 3 heterocycles. The first-order chi connectivity index (χ1) is 28.7. The summed E-state index contributed by atoms with van der Waals surface area (Å²) in [6, 6.07) is 69.3. The van der Waals surface area contributed by atoms with Crippen LogP contribution in [0.1, 0.15) is 5.56 Å². The summed E-state index contributed by atoms with van der Waals surface area (Å²) in [7, 11) is 0. The van der Waals surface area contributed by atoms with Crippen LogP contribution in [-0.2, 0) is 0 Å². The maximum atomic E-state index is 10.7. The molecule has 0 aliphatic heterocycles. The number of nitrogens with zero attached hydrogens (tertiary/aromatic N) is 6. The Morgan fingerprint density at radius 3 is 1.33 bits per heavy atom. The summed E-state index contributed by atoms with van der Waals surface area (Å²) in [6.45, 7) is 0. The molecular formula is C52H32N6. The summed E-state index contributed by atoms with van der Waals surface area (Å²) in [5.74, 6) is 1.66. The minimum Gasteiger partial charge on any atom is -0.309 e. The molecule has 6 nitrogen and oxygen atoms in total. The average molecular weight is 741 g/mol. The highest BCUT2D eigenvalue weighted by Crippen LogP contribution is 2.39. The second-order valence-corrected chi connectivity index (χ2v) is 14.4. The molecule has 0 N–H and O–H groups in total. The van der Waals surface area contributed by atoms with E-state index in [0.29, 0.717) is 23.0 Å². The number of hydrogen-bond donors (Lipinski definition) is 0. The lowest BCUT2D eigenvalue weighted by molar-refractivity contribution is 1.07. The van der Waals surface area contributed by atoms with Crippen LogP contribution in [0.2, 0.25) is 0 Å². The molecule has 3 aromatic heterocycles. The molecule has 0 aliphatic carbocycles. The van der Waals surface area contributed by atoms with Crippen molar-refractivity contribution >= 4 is 43.6 Å². The van der Waals surface area contributed by atoms with E-state index in [4.69, 9.17) is 15.0 Å². The van der Waals surface area contributed by atoms with Crippen LogP contribution < -0.4 is 0 Å². The molecule has 11 rings (SSSR count). The fourth-order valence-electron chi connectivity index (χ4n) is 8.32. The number of para-hydroxylation sites is 3. The van der Waals surface area contributed by atoms with Crippen molar-refractivity contribution in [1.29, 1.82) is 5.26 Å². The normalized spacial score (nSPS) is 11.4. The highest BCUT2D eigenvalue weighted by molar-refractivity contribution is 6.12. The van der Waals surface area contributed by atoms with E-state index in [0.717, 1.165) is 61.0 Å². The van der Waals surface area contributed by atoms with Gasteiger partial charge in [0.15, 0.2) is 17.5 Å². The highest BCUT2D eigenvalue weighted by atomic mass is 15.0. The van der Waals surface area contributed by atoms with Crippen LogP contribution in [0.25, 0.3) is 100 Å². The van der Waals surface area contributed by atoms with E-state index in [9.17, 15) is 5.26 Å². The van der Waals surface area contributed by atoms with E-state index >= 15 is 0 Å². The van der Waals surface area contributed by atoms with Crippen molar-refractivity contribution in [2.24, 2.45) is 0 Å². The van der Waals surface area contributed by atoms with Gasteiger partial charge in [-0.15, -0.1) is 0 Å². The molecule has 0 saturated heterocycles. The van der Waals surface area contributed by atoms with Gasteiger partial charge in [0.05, 0.1) is 33.3 Å². The summed E-state index contributed by atoms with van der Waals surface area (Å²) in [5, 5.41) is 15.4. The summed E-state index contributed by atoms with van der Waals surface area (Å²) < 4.78 is 4.54. The van der Waals surface area contributed by atoms with Crippen molar-refractivity contribution in [3.63, 3.8) is 0 Å². The van der Waals surface area contributed by atoms with Crippen LogP contribution in [0.15, 0.2) is 194 Å². The first kappa shape index (κ1) is 33.2. The molecule has 0 amide bonds. The van der Waals surface area contributed by atoms with Crippen molar-refractivity contribution in [2.75, 3.05) is 0 Å². The SMILES string of the molecule is N#Cc1cc(-c2nc(-c3ccccc3)nc(-c3ccccc3)n2)ccc1-n1c2ccccc2c2cc(-c3ccc4c(c3)c3ccccc3n4-c3ccccc3)ccc21. The fraction of sp³-hybridized carbons (Fsp3) is 0. The molecule has 0 saturated carbocycles. The van der Waals surface area contributed by atoms with Gasteiger partial charge >= 0.3 is 0 Å². The molecule has 8 aromatic carbocycles. The summed E-state index contributed by atoms with van der Waals surface area (Å²) in [4.78, 5) is 14.7. The van der Waals surface area contributed by atoms with Gasteiger partial charge in [0.1, 0.15) is 6.07 Å². The third-order valence-electron chi connectivity index (χ3n) is 11.0. The maximum absolute atomic E-state index is 10.7. The number of aromatic nitrogens is 5. The summed E-state index contributed by atoms with van der Waals surface area (Å²) >= 11 is 0. The molecule has 0 aliphatic rings. The monoisotopic (exact) mass is 740 g/mol. The Bertz CT molecular complexity index is 3340. The molecule has 0 atom stereocenters. The minimum atomic E-state index is 0.506. The molecule has 6 heteroatoms. The molecule has 270 valence electrons. The molecule has 58 heavy (non-hydrogen) atoms. The van der Waals surface area contributed by atoms with Crippen LogP contribution in [0, 0.1) is 11.3 Å². The smallest absolute Gasteiger partial charge is 0.164 e. The van der Waals surface area contributed by atoms with Gasteiger partial charge in [0, 0.05) is 43.9 Å². The second-order valence-electron chi connectivity index (χ2n) is 14.4. The Labute approximate surface area is 334 Å². The van der Waals surface area contributed by atoms with Gasteiger partial charge in [-0.25, -0.2) is 15.0 Å². The minimum absolute atomic E-state index is 0.506. The van der Waals surface area contributed by atoms with E-state index < -0.39 is 0 Å². The zero-order chi connectivity index (χ0) is 38.6. The van der Waals surface area contributed by atoms with Gasteiger partial charge in [0.25, 0.3) is 0 Å². The zero-order valence-electron chi connectivity index (χ0n) is 31.2. The van der Waals surface area contributed by atoms with Crippen LogP contribution in [0.4, 0.5) is 0 Å². The fourth-order valence-corrected chi connectivity index (χ4v) is 8.32. The topological polar surface area (TPSA) is 72.3 Å². The van der Waals surface area contributed by atoms with E-state index in [1.165, 1.54) is 21.8 Å². The van der Waals surface area contributed by atoms with Gasteiger partial charge in [-0.05, 0) is 77.9 Å². The number of fused-ring (bicyclic) bond motifs is 6. The molecule has 0 unspecified atom stereocenters. The maximum Gasteiger partial charge on any atom is 0.164 e. The third kappa shape index (κ3) is 5.45. The van der Waals surface area contributed by atoms with Gasteiger partial charge in [0.2, 0.25) is 0 Å². The summed E-state index contributed by atoms with van der Waals surface area (Å²) in [5.41, 5.74) is 11.7. The third-order valence-corrected chi connectivity index (χ3v) is 11.0. The van der Waals surface area contributed by atoms with Crippen LogP contribution in [0.3, 0.4) is 0 Å². The van der Waals surface area contributed by atoms with Crippen LogP contribution in [0.5, 0.6) is 0 Å². The lowest BCUT2D eigenvalue weighted by Gasteiger charge is -2.13. The average Bonchev–Trinajstić information content (AvgIpc) is 3.81.